The Morgan fingerprint density at radius 3 is 1.32 bits per heavy atom. The van der Waals surface area contributed by atoms with Gasteiger partial charge in [-0.1, -0.05) is 27.7 Å². The minimum atomic E-state index is -0.0632. The Kier molecular flexibility index (Phi) is 9.90. The van der Waals surface area contributed by atoms with Crippen LogP contribution in [0, 0.1) is 40.9 Å². The quantitative estimate of drug-likeness (QED) is 0.363. The summed E-state index contributed by atoms with van der Waals surface area (Å²) in [6.45, 7) is 10.2. The molecule has 5 saturated carbocycles. The van der Waals surface area contributed by atoms with Gasteiger partial charge in [0.05, 0.1) is 12.2 Å². The van der Waals surface area contributed by atoms with E-state index in [2.05, 4.69) is 32.6 Å². The van der Waals surface area contributed by atoms with E-state index in [1.165, 1.54) is 96.3 Å². The lowest BCUT2D eigenvalue weighted by atomic mass is 9.52. The largest absolute Gasteiger partial charge is 0.393 e. The lowest BCUT2D eigenvalue weighted by Gasteiger charge is -2.56. The van der Waals surface area contributed by atoms with Crippen LogP contribution in [0.15, 0.2) is 0 Å². The molecule has 0 radical (unpaired) electrons. The molecule has 38 heavy (non-hydrogen) atoms. The molecule has 3 heteroatoms. The summed E-state index contributed by atoms with van der Waals surface area (Å²) in [5.74, 6) is 5.07. The van der Waals surface area contributed by atoms with Crippen LogP contribution in [0.1, 0.15) is 150 Å². The van der Waals surface area contributed by atoms with Gasteiger partial charge in [-0.2, -0.15) is 0 Å². The van der Waals surface area contributed by atoms with Crippen molar-refractivity contribution in [3.8, 4) is 0 Å². The number of nitrogens with zero attached hydrogens (tertiary/aromatic N) is 1. The summed E-state index contributed by atoms with van der Waals surface area (Å²) in [4.78, 5) is 3.16. The summed E-state index contributed by atoms with van der Waals surface area (Å²) in [6, 6.07) is 2.47. The number of aliphatic hydroxyl groups excluding tert-OH is 2. The first-order valence-electron chi connectivity index (χ1n) is 17.4. The van der Waals surface area contributed by atoms with Gasteiger partial charge in [-0.05, 0) is 163 Å². The summed E-state index contributed by atoms with van der Waals surface area (Å²) in [5.41, 5.74) is 0.394. The summed E-state index contributed by atoms with van der Waals surface area (Å²) < 4.78 is 0. The number of hydrogen-bond donors (Lipinski definition) is 2. The number of rotatable bonds is 6. The third kappa shape index (κ3) is 6.35. The van der Waals surface area contributed by atoms with Gasteiger partial charge < -0.3 is 10.2 Å². The fourth-order valence-corrected chi connectivity index (χ4v) is 10.6. The smallest absolute Gasteiger partial charge is 0.0540 e. The average Bonchev–Trinajstić information content (AvgIpc) is 2.92. The Morgan fingerprint density at radius 1 is 0.474 bits per heavy atom. The SMILES string of the molecule is CC1CCC(N(C2CCC(C(C)(C3CCC(O)CC3)C3CCC(O)CC3)CC2)C2CCC(C)C(C)C2)CC1. The molecule has 0 amide bonds. The van der Waals surface area contributed by atoms with Crippen LogP contribution in [0.5, 0.6) is 0 Å². The molecule has 0 saturated heterocycles. The monoisotopic (exact) mass is 529 g/mol. The van der Waals surface area contributed by atoms with Crippen LogP contribution in [0.4, 0.5) is 0 Å². The van der Waals surface area contributed by atoms with Crippen molar-refractivity contribution in [3.05, 3.63) is 0 Å². The average molecular weight is 530 g/mol. The van der Waals surface area contributed by atoms with Crippen molar-refractivity contribution in [1.29, 1.82) is 0 Å². The normalized spacial score (nSPS) is 47.0. The Morgan fingerprint density at radius 2 is 0.868 bits per heavy atom. The second-order valence-corrected chi connectivity index (χ2v) is 15.7. The molecule has 0 aromatic rings. The number of hydrogen-bond acceptors (Lipinski definition) is 3. The minimum absolute atomic E-state index is 0.0632. The van der Waals surface area contributed by atoms with Crippen LogP contribution < -0.4 is 0 Å². The molecule has 5 aliphatic carbocycles. The van der Waals surface area contributed by atoms with Crippen molar-refractivity contribution in [3.63, 3.8) is 0 Å². The molecule has 5 aliphatic rings. The second kappa shape index (κ2) is 12.8. The molecule has 0 bridgehead atoms. The Bertz CT molecular complexity index is 685. The van der Waals surface area contributed by atoms with Crippen LogP contribution in [0.25, 0.3) is 0 Å². The minimum Gasteiger partial charge on any atom is -0.393 e. The highest BCUT2D eigenvalue weighted by molar-refractivity contribution is 5.01. The van der Waals surface area contributed by atoms with Crippen LogP contribution >= 0.6 is 0 Å². The Balaban J connectivity index is 1.30. The zero-order valence-corrected chi connectivity index (χ0v) is 25.6. The molecule has 0 aromatic heterocycles. The van der Waals surface area contributed by atoms with Gasteiger partial charge in [0.2, 0.25) is 0 Å². The van der Waals surface area contributed by atoms with Gasteiger partial charge >= 0.3 is 0 Å². The van der Waals surface area contributed by atoms with E-state index in [1.54, 1.807) is 0 Å². The van der Waals surface area contributed by atoms with E-state index in [4.69, 9.17) is 0 Å². The van der Waals surface area contributed by atoms with E-state index in [1.807, 2.05) is 0 Å². The van der Waals surface area contributed by atoms with Gasteiger partial charge in [-0.3, -0.25) is 4.90 Å². The van der Waals surface area contributed by atoms with Gasteiger partial charge in [0.25, 0.3) is 0 Å². The molecule has 5 fully saturated rings. The molecule has 3 atom stereocenters. The van der Waals surface area contributed by atoms with Crippen molar-refractivity contribution in [2.45, 2.75) is 180 Å². The first-order valence-corrected chi connectivity index (χ1v) is 17.4. The molecular formula is C35H63NO2. The van der Waals surface area contributed by atoms with E-state index in [9.17, 15) is 10.2 Å². The molecule has 220 valence electrons. The van der Waals surface area contributed by atoms with E-state index >= 15 is 0 Å². The third-order valence-corrected chi connectivity index (χ3v) is 13.5. The zero-order valence-electron chi connectivity index (χ0n) is 25.6. The Hall–Kier alpha value is -0.120. The van der Waals surface area contributed by atoms with Gasteiger partial charge in [-0.25, -0.2) is 0 Å². The van der Waals surface area contributed by atoms with Crippen LogP contribution in [-0.2, 0) is 0 Å². The highest BCUT2D eigenvalue weighted by Gasteiger charge is 2.50. The topological polar surface area (TPSA) is 43.7 Å². The maximum Gasteiger partial charge on any atom is 0.0540 e. The summed E-state index contributed by atoms with van der Waals surface area (Å²) in [6.07, 6.45) is 24.5. The molecule has 0 aliphatic heterocycles. The molecular weight excluding hydrogens is 466 g/mol. The maximum absolute atomic E-state index is 10.3. The standard InChI is InChI=1S/C35H63NO2/c1-24-5-14-30(15-6-24)36(32-16-7-25(2)26(3)23-32)31-17-8-27(9-18-31)35(4,28-10-19-33(37)20-11-28)29-12-21-34(38)22-13-29/h24-34,37-38H,5-23H2,1-4H3. The molecule has 0 heterocycles. The van der Waals surface area contributed by atoms with E-state index < -0.39 is 0 Å². The fourth-order valence-electron chi connectivity index (χ4n) is 10.6. The summed E-state index contributed by atoms with van der Waals surface area (Å²) >= 11 is 0. The van der Waals surface area contributed by atoms with E-state index in [0.717, 1.165) is 79.3 Å². The number of aliphatic hydroxyl groups is 2. The molecule has 3 unspecified atom stereocenters. The van der Waals surface area contributed by atoms with Gasteiger partial charge in [-0.15, -0.1) is 0 Å². The van der Waals surface area contributed by atoms with E-state index in [-0.39, 0.29) is 12.2 Å². The first kappa shape index (κ1) is 29.4. The third-order valence-electron chi connectivity index (χ3n) is 13.5. The van der Waals surface area contributed by atoms with E-state index in [0.29, 0.717) is 5.41 Å². The van der Waals surface area contributed by atoms with Crippen molar-refractivity contribution < 1.29 is 10.2 Å². The molecule has 0 aromatic carbocycles. The second-order valence-electron chi connectivity index (χ2n) is 15.7. The molecule has 3 nitrogen and oxygen atoms in total. The predicted molar refractivity (Wildman–Crippen MR) is 159 cm³/mol. The van der Waals surface area contributed by atoms with Crippen molar-refractivity contribution >= 4 is 0 Å². The van der Waals surface area contributed by atoms with Crippen LogP contribution in [-0.4, -0.2) is 45.4 Å². The maximum atomic E-state index is 10.3. The molecule has 2 N–H and O–H groups in total. The van der Waals surface area contributed by atoms with Crippen molar-refractivity contribution in [2.75, 3.05) is 0 Å². The highest BCUT2D eigenvalue weighted by atomic mass is 16.3. The van der Waals surface area contributed by atoms with Crippen LogP contribution in [0.2, 0.25) is 0 Å². The van der Waals surface area contributed by atoms with Gasteiger partial charge in [0.1, 0.15) is 0 Å². The van der Waals surface area contributed by atoms with Crippen molar-refractivity contribution in [2.24, 2.45) is 40.9 Å². The lowest BCUT2D eigenvalue weighted by molar-refractivity contribution is -0.0726. The highest BCUT2D eigenvalue weighted by Crippen LogP contribution is 2.57. The molecule has 5 rings (SSSR count). The Labute approximate surface area is 235 Å². The lowest BCUT2D eigenvalue weighted by Crippen LogP contribution is -2.54. The zero-order chi connectivity index (χ0) is 26.9. The van der Waals surface area contributed by atoms with Gasteiger partial charge in [0.15, 0.2) is 0 Å². The van der Waals surface area contributed by atoms with Crippen molar-refractivity contribution in [1.82, 2.24) is 4.90 Å². The predicted octanol–water partition coefficient (Wildman–Crippen LogP) is 8.36. The van der Waals surface area contributed by atoms with Crippen LogP contribution in [0.3, 0.4) is 0 Å². The first-order chi connectivity index (χ1) is 18.3. The molecule has 0 spiro atoms. The summed E-state index contributed by atoms with van der Waals surface area (Å²) in [5, 5.41) is 20.6. The fraction of sp³-hybridized carbons (Fsp3) is 1.00. The van der Waals surface area contributed by atoms with Gasteiger partial charge in [0, 0.05) is 18.1 Å². The summed E-state index contributed by atoms with van der Waals surface area (Å²) in [7, 11) is 0.